The molecule has 5 rings (SSSR count). The van der Waals surface area contributed by atoms with Crippen molar-refractivity contribution in [2.75, 3.05) is 13.1 Å². The van der Waals surface area contributed by atoms with Crippen LogP contribution in [0.4, 0.5) is 0 Å². The number of nitrogens with one attached hydrogen (secondary N) is 3. The molecule has 4 amide bonds. The minimum absolute atomic E-state index is 0.0741. The number of aliphatic hydroxyl groups excluding tert-OH is 2. The van der Waals surface area contributed by atoms with Gasteiger partial charge in [0.05, 0.1) is 36.2 Å². The Bertz CT molecular complexity index is 1660. The second-order valence-corrected chi connectivity index (χ2v) is 14.9. The number of rotatable bonds is 12. The number of benzene rings is 2. The van der Waals surface area contributed by atoms with Gasteiger partial charge >= 0.3 is 0 Å². The molecular formula is C38H50N6O6. The van der Waals surface area contributed by atoms with Gasteiger partial charge in [-0.2, -0.15) is 0 Å². The fraction of sp³-hybridized carbons (Fsp3) is 0.500. The smallest absolute Gasteiger partial charge is 0.270 e. The molecule has 50 heavy (non-hydrogen) atoms. The number of hydrogen-bond donors (Lipinski definition) is 6. The molecule has 0 radical (unpaired) electrons. The first-order chi connectivity index (χ1) is 23.8. The number of primary amides is 1. The summed E-state index contributed by atoms with van der Waals surface area (Å²) < 4.78 is 0. The van der Waals surface area contributed by atoms with Gasteiger partial charge in [-0.15, -0.1) is 0 Å². The van der Waals surface area contributed by atoms with Crippen LogP contribution in [-0.2, 0) is 20.8 Å². The highest BCUT2D eigenvalue weighted by atomic mass is 16.3. The van der Waals surface area contributed by atoms with Crippen molar-refractivity contribution in [2.45, 2.75) is 95.2 Å². The van der Waals surface area contributed by atoms with Crippen molar-refractivity contribution < 1.29 is 29.4 Å². The molecule has 1 saturated carbocycles. The van der Waals surface area contributed by atoms with Crippen molar-refractivity contribution in [3.8, 4) is 0 Å². The number of β-amino-alcohol motifs (C(OH)–C–C–N with tert-alkyl or cyclic N) is 1. The van der Waals surface area contributed by atoms with E-state index in [2.05, 4.69) is 20.9 Å². The molecule has 1 aliphatic heterocycles. The maximum Gasteiger partial charge on any atom is 0.270 e. The average Bonchev–Trinajstić information content (AvgIpc) is 3.06. The number of hydrogen-bond acceptors (Lipinski definition) is 8. The van der Waals surface area contributed by atoms with Gasteiger partial charge in [-0.3, -0.25) is 24.1 Å². The molecule has 7 N–H and O–H groups in total. The molecule has 2 fully saturated rings. The molecule has 2 heterocycles. The number of carbonyl (C=O) groups excluding carboxylic acids is 4. The number of fused-ring (bicyclic) bond motifs is 2. The Morgan fingerprint density at radius 2 is 1.66 bits per heavy atom. The lowest BCUT2D eigenvalue weighted by atomic mass is 9.71. The number of aromatic nitrogens is 1. The molecule has 0 spiro atoms. The largest absolute Gasteiger partial charge is 0.393 e. The van der Waals surface area contributed by atoms with Crippen LogP contribution in [0.2, 0.25) is 0 Å². The van der Waals surface area contributed by atoms with Crippen LogP contribution < -0.4 is 21.7 Å². The lowest BCUT2D eigenvalue weighted by molar-refractivity contribution is -0.134. The highest BCUT2D eigenvalue weighted by Gasteiger charge is 2.43. The first kappa shape index (κ1) is 36.9. The average molecular weight is 687 g/mol. The Labute approximate surface area is 293 Å². The molecule has 268 valence electrons. The molecule has 1 saturated heterocycles. The molecule has 7 atom stereocenters. The summed E-state index contributed by atoms with van der Waals surface area (Å²) >= 11 is 0. The zero-order valence-electron chi connectivity index (χ0n) is 29.0. The van der Waals surface area contributed by atoms with E-state index in [4.69, 9.17) is 5.73 Å². The zero-order chi connectivity index (χ0) is 36.0. The lowest BCUT2D eigenvalue weighted by Gasteiger charge is -2.47. The number of likely N-dealkylation sites (tertiary alicyclic amines) is 1. The first-order valence-corrected chi connectivity index (χ1v) is 17.5. The highest BCUT2D eigenvalue weighted by Crippen LogP contribution is 2.39. The lowest BCUT2D eigenvalue weighted by Crippen LogP contribution is -2.61. The number of nitrogens with zero attached hydrogens (tertiary/aromatic N) is 2. The molecule has 12 heteroatoms. The second kappa shape index (κ2) is 16.1. The van der Waals surface area contributed by atoms with Crippen LogP contribution >= 0.6 is 0 Å². The Kier molecular flexibility index (Phi) is 11.9. The second-order valence-electron chi connectivity index (χ2n) is 14.9. The fourth-order valence-corrected chi connectivity index (χ4v) is 7.26. The van der Waals surface area contributed by atoms with E-state index in [0.29, 0.717) is 31.3 Å². The van der Waals surface area contributed by atoms with Crippen molar-refractivity contribution in [1.29, 1.82) is 0 Å². The zero-order valence-corrected chi connectivity index (χ0v) is 29.0. The molecular weight excluding hydrogens is 636 g/mol. The maximum atomic E-state index is 13.8. The van der Waals surface area contributed by atoms with E-state index in [1.54, 1.807) is 24.3 Å². The predicted octanol–water partition coefficient (Wildman–Crippen LogP) is 2.06. The summed E-state index contributed by atoms with van der Waals surface area (Å²) in [6, 6.07) is 17.3. The van der Waals surface area contributed by atoms with Crippen LogP contribution in [0.15, 0.2) is 66.7 Å². The highest BCUT2D eigenvalue weighted by molar-refractivity contribution is 5.99. The fourth-order valence-electron chi connectivity index (χ4n) is 7.26. The Morgan fingerprint density at radius 3 is 2.38 bits per heavy atom. The van der Waals surface area contributed by atoms with Crippen LogP contribution in [0.1, 0.15) is 68.9 Å². The number of piperidine rings is 1. The van der Waals surface area contributed by atoms with Crippen molar-refractivity contribution in [3.63, 3.8) is 0 Å². The van der Waals surface area contributed by atoms with Gasteiger partial charge in [0.1, 0.15) is 11.7 Å². The van der Waals surface area contributed by atoms with E-state index < -0.39 is 53.9 Å². The molecule has 2 aromatic carbocycles. The molecule has 2 aliphatic rings. The number of nitrogens with two attached hydrogens (primary N) is 1. The van der Waals surface area contributed by atoms with Crippen LogP contribution in [0, 0.1) is 11.8 Å². The number of pyridine rings is 1. The van der Waals surface area contributed by atoms with E-state index in [-0.39, 0.29) is 42.5 Å². The Morgan fingerprint density at radius 1 is 0.940 bits per heavy atom. The van der Waals surface area contributed by atoms with Crippen molar-refractivity contribution in [3.05, 3.63) is 78.0 Å². The summed E-state index contributed by atoms with van der Waals surface area (Å²) in [5, 5.41) is 31.7. The summed E-state index contributed by atoms with van der Waals surface area (Å²) in [7, 11) is 0. The minimum atomic E-state index is -1.33. The van der Waals surface area contributed by atoms with Gasteiger partial charge in [0.2, 0.25) is 17.7 Å². The third-order valence-corrected chi connectivity index (χ3v) is 9.72. The van der Waals surface area contributed by atoms with Gasteiger partial charge in [0.25, 0.3) is 5.91 Å². The molecule has 1 aromatic heterocycles. The van der Waals surface area contributed by atoms with Gasteiger partial charge in [0.15, 0.2) is 0 Å². The summed E-state index contributed by atoms with van der Waals surface area (Å²) in [4.78, 5) is 59.2. The number of amides is 4. The van der Waals surface area contributed by atoms with E-state index in [1.165, 1.54) is 0 Å². The number of aliphatic hydroxyl groups is 2. The SMILES string of the molecule is CC(C)(C)NC(=O)[C@@H]1C[C@@H]2C[C@@H](O)CC[C@@H]2CN1C[C@@H](O)[C@H](Cc1ccccc1)NC(=O)[C@H](CC(N)=O)NC(=O)c1ccc2ccccc2n1. The third kappa shape index (κ3) is 9.86. The monoisotopic (exact) mass is 686 g/mol. The quantitative estimate of drug-likeness (QED) is 0.167. The van der Waals surface area contributed by atoms with E-state index in [1.807, 2.05) is 68.1 Å². The standard InChI is InChI=1S/C38H50N6O6/c1-38(2,3)43-37(50)32-19-26-18-27(45)15-13-25(26)21-44(32)22-33(46)30(17-23-9-5-4-6-10-23)41-36(49)31(20-34(39)47)42-35(48)29-16-14-24-11-7-8-12-28(24)40-29/h4-12,14,16,25-27,30-33,45-46H,13,15,17-22H2,1-3H3,(H2,39,47)(H,41,49)(H,42,48)(H,43,50)/t25-,26+,27+,30+,31+,32+,33-/m1/s1. The van der Waals surface area contributed by atoms with E-state index >= 15 is 0 Å². The summed E-state index contributed by atoms with van der Waals surface area (Å²) in [5.41, 5.74) is 6.58. The third-order valence-electron chi connectivity index (χ3n) is 9.72. The number of carbonyl (C=O) groups is 4. The molecule has 0 unspecified atom stereocenters. The summed E-state index contributed by atoms with van der Waals surface area (Å²) in [6.45, 7) is 6.43. The van der Waals surface area contributed by atoms with Gasteiger partial charge in [-0.25, -0.2) is 4.98 Å². The van der Waals surface area contributed by atoms with E-state index in [0.717, 1.165) is 17.4 Å². The van der Waals surface area contributed by atoms with Crippen LogP contribution in [0.3, 0.4) is 0 Å². The summed E-state index contributed by atoms with van der Waals surface area (Å²) in [5.74, 6) is -1.79. The van der Waals surface area contributed by atoms with Crippen molar-refractivity contribution in [1.82, 2.24) is 25.8 Å². The van der Waals surface area contributed by atoms with Crippen LogP contribution in [0.25, 0.3) is 10.9 Å². The van der Waals surface area contributed by atoms with Gasteiger partial charge in [-0.1, -0.05) is 54.6 Å². The summed E-state index contributed by atoms with van der Waals surface area (Å²) in [6.07, 6.45) is 1.02. The van der Waals surface area contributed by atoms with Crippen molar-refractivity contribution in [2.24, 2.45) is 17.6 Å². The van der Waals surface area contributed by atoms with Crippen LogP contribution in [0.5, 0.6) is 0 Å². The molecule has 1 aliphatic carbocycles. The topological polar surface area (TPSA) is 187 Å². The Balaban J connectivity index is 1.36. The van der Waals surface area contributed by atoms with Crippen LogP contribution in [-0.4, -0.2) is 92.7 Å². The first-order valence-electron chi connectivity index (χ1n) is 17.5. The van der Waals surface area contributed by atoms with Gasteiger partial charge in [-0.05, 0) is 82.4 Å². The maximum absolute atomic E-state index is 13.8. The number of para-hydroxylation sites is 1. The normalized spacial score (nSPS) is 22.8. The molecule has 12 nitrogen and oxygen atoms in total. The minimum Gasteiger partial charge on any atom is -0.393 e. The van der Waals surface area contributed by atoms with Crippen molar-refractivity contribution >= 4 is 34.5 Å². The van der Waals surface area contributed by atoms with Gasteiger partial charge < -0.3 is 31.9 Å². The van der Waals surface area contributed by atoms with Gasteiger partial charge in [0, 0.05) is 24.0 Å². The molecule has 0 bridgehead atoms. The molecule has 3 aromatic rings. The Hall–Kier alpha value is -4.39. The van der Waals surface area contributed by atoms with E-state index in [9.17, 15) is 29.4 Å². The predicted molar refractivity (Wildman–Crippen MR) is 190 cm³/mol.